The Morgan fingerprint density at radius 2 is 1.77 bits per heavy atom. The second kappa shape index (κ2) is 12.1. The molecule has 5 N–H and O–H groups in total. The molecule has 7 nitrogen and oxygen atoms in total. The first-order valence-corrected chi connectivity index (χ1v) is 9.82. The molecular formula is C22H28IN5O2. The lowest BCUT2D eigenvalue weighted by molar-refractivity contribution is 0.0951. The lowest BCUT2D eigenvalue weighted by Crippen LogP contribution is -2.41. The molecule has 0 aliphatic heterocycles. The summed E-state index contributed by atoms with van der Waals surface area (Å²) in [6.45, 7) is 4.36. The zero-order valence-corrected chi connectivity index (χ0v) is 19.3. The van der Waals surface area contributed by atoms with Crippen LogP contribution < -0.4 is 16.0 Å². The third kappa shape index (κ3) is 6.38. The first kappa shape index (κ1) is 23.5. The van der Waals surface area contributed by atoms with Gasteiger partial charge in [-0.2, -0.15) is 0 Å². The quantitative estimate of drug-likeness (QED) is 0.136. The van der Waals surface area contributed by atoms with E-state index in [9.17, 15) is 9.90 Å². The van der Waals surface area contributed by atoms with Crippen LogP contribution in [0.25, 0.3) is 10.9 Å². The lowest BCUT2D eigenvalue weighted by Gasteiger charge is -2.12. The summed E-state index contributed by atoms with van der Waals surface area (Å²) in [6.07, 6.45) is 2.87. The fourth-order valence-electron chi connectivity index (χ4n) is 3.09. The van der Waals surface area contributed by atoms with Crippen molar-refractivity contribution in [1.82, 2.24) is 20.9 Å². The number of aromatic amines is 1. The van der Waals surface area contributed by atoms with E-state index in [1.54, 1.807) is 18.2 Å². The first-order chi connectivity index (χ1) is 14.2. The standard InChI is InChI=1S/C22H27N5O2.HI/c1-2-23-22(25-12-11-16-15-27-19-9-5-3-7-17(16)19)26-14-13-24-21(29)18-8-4-6-10-20(18)28;/h3-10,15,27-28H,2,11-14H2,1H3,(H,24,29)(H2,23,25,26);1H. The second-order valence-electron chi connectivity index (χ2n) is 6.57. The van der Waals surface area contributed by atoms with E-state index in [4.69, 9.17) is 0 Å². The molecule has 160 valence electrons. The summed E-state index contributed by atoms with van der Waals surface area (Å²) in [5.41, 5.74) is 2.65. The van der Waals surface area contributed by atoms with Crippen LogP contribution in [0.2, 0.25) is 0 Å². The van der Waals surface area contributed by atoms with E-state index in [0.717, 1.165) is 18.5 Å². The number of carbonyl (C=O) groups is 1. The van der Waals surface area contributed by atoms with Gasteiger partial charge in [0.1, 0.15) is 5.75 Å². The highest BCUT2D eigenvalue weighted by molar-refractivity contribution is 14.0. The van der Waals surface area contributed by atoms with Gasteiger partial charge in [0.15, 0.2) is 5.96 Å². The van der Waals surface area contributed by atoms with Gasteiger partial charge >= 0.3 is 0 Å². The summed E-state index contributed by atoms with van der Waals surface area (Å²) in [7, 11) is 0. The lowest BCUT2D eigenvalue weighted by atomic mass is 10.1. The summed E-state index contributed by atoms with van der Waals surface area (Å²) < 4.78 is 0. The predicted molar refractivity (Wildman–Crippen MR) is 132 cm³/mol. The summed E-state index contributed by atoms with van der Waals surface area (Å²) in [4.78, 5) is 20.0. The Morgan fingerprint density at radius 3 is 2.57 bits per heavy atom. The predicted octanol–water partition coefficient (Wildman–Crippen LogP) is 3.02. The number of hydrogen-bond acceptors (Lipinski definition) is 3. The number of nitrogens with zero attached hydrogens (tertiary/aromatic N) is 1. The van der Waals surface area contributed by atoms with E-state index < -0.39 is 0 Å². The molecule has 0 spiro atoms. The van der Waals surface area contributed by atoms with E-state index in [0.29, 0.717) is 25.6 Å². The highest BCUT2D eigenvalue weighted by Gasteiger charge is 2.09. The van der Waals surface area contributed by atoms with Gasteiger partial charge in [-0.25, -0.2) is 0 Å². The first-order valence-electron chi connectivity index (χ1n) is 9.82. The van der Waals surface area contributed by atoms with Gasteiger partial charge in [0.25, 0.3) is 5.91 Å². The van der Waals surface area contributed by atoms with E-state index in [1.165, 1.54) is 17.0 Å². The van der Waals surface area contributed by atoms with E-state index >= 15 is 0 Å². The number of phenols is 1. The highest BCUT2D eigenvalue weighted by Crippen LogP contribution is 2.18. The molecule has 0 saturated carbocycles. The fourth-order valence-corrected chi connectivity index (χ4v) is 3.09. The summed E-state index contributed by atoms with van der Waals surface area (Å²) >= 11 is 0. The molecule has 0 fully saturated rings. The number of rotatable bonds is 8. The zero-order valence-electron chi connectivity index (χ0n) is 16.9. The van der Waals surface area contributed by atoms with Crippen molar-refractivity contribution in [3.8, 4) is 5.75 Å². The zero-order chi connectivity index (χ0) is 20.5. The van der Waals surface area contributed by atoms with Crippen molar-refractivity contribution < 1.29 is 9.90 Å². The van der Waals surface area contributed by atoms with Gasteiger partial charge in [0.05, 0.1) is 5.56 Å². The molecule has 0 saturated heterocycles. The smallest absolute Gasteiger partial charge is 0.255 e. The van der Waals surface area contributed by atoms with E-state index in [-0.39, 0.29) is 41.2 Å². The topological polar surface area (TPSA) is 102 Å². The van der Waals surface area contributed by atoms with Crippen molar-refractivity contribution in [2.45, 2.75) is 13.3 Å². The maximum Gasteiger partial charge on any atom is 0.255 e. The molecule has 0 radical (unpaired) electrons. The number of amides is 1. The maximum absolute atomic E-state index is 12.1. The molecule has 1 aromatic heterocycles. The minimum Gasteiger partial charge on any atom is -0.507 e. The van der Waals surface area contributed by atoms with Crippen LogP contribution in [0.5, 0.6) is 5.75 Å². The number of H-pyrrole nitrogens is 1. The van der Waals surface area contributed by atoms with Crippen LogP contribution >= 0.6 is 24.0 Å². The van der Waals surface area contributed by atoms with Crippen molar-refractivity contribution in [2.24, 2.45) is 4.99 Å². The van der Waals surface area contributed by atoms with Gasteiger partial charge < -0.3 is 26.0 Å². The van der Waals surface area contributed by atoms with Crippen LogP contribution in [-0.2, 0) is 6.42 Å². The molecular weight excluding hydrogens is 493 g/mol. The Morgan fingerprint density at radius 1 is 1.03 bits per heavy atom. The normalized spacial score (nSPS) is 11.0. The van der Waals surface area contributed by atoms with Crippen LogP contribution in [-0.4, -0.2) is 48.1 Å². The largest absolute Gasteiger partial charge is 0.507 e. The number of aromatic nitrogens is 1. The minimum atomic E-state index is -0.300. The molecule has 30 heavy (non-hydrogen) atoms. The number of aromatic hydroxyl groups is 1. The summed E-state index contributed by atoms with van der Waals surface area (Å²) in [5, 5.41) is 20.2. The van der Waals surface area contributed by atoms with Crippen molar-refractivity contribution in [2.75, 3.05) is 26.2 Å². The molecule has 0 aliphatic rings. The van der Waals surface area contributed by atoms with Gasteiger partial charge in [0.2, 0.25) is 0 Å². The number of guanidine groups is 1. The monoisotopic (exact) mass is 521 g/mol. The molecule has 1 amide bonds. The summed E-state index contributed by atoms with van der Waals surface area (Å²) in [6, 6.07) is 14.7. The Kier molecular flexibility index (Phi) is 9.46. The van der Waals surface area contributed by atoms with Crippen molar-refractivity contribution >= 4 is 46.7 Å². The van der Waals surface area contributed by atoms with Crippen molar-refractivity contribution in [3.63, 3.8) is 0 Å². The number of halogens is 1. The Balaban J connectivity index is 0.00000320. The molecule has 1 heterocycles. The van der Waals surface area contributed by atoms with Gasteiger partial charge in [0, 0.05) is 43.3 Å². The Bertz CT molecular complexity index is 986. The average molecular weight is 521 g/mol. The molecule has 8 heteroatoms. The molecule has 0 bridgehead atoms. The number of para-hydroxylation sites is 2. The SMILES string of the molecule is CCNC(=NCCc1c[nH]c2ccccc12)NCCNC(=O)c1ccccc1O.I. The minimum absolute atomic E-state index is 0. The number of carbonyl (C=O) groups excluding carboxylic acids is 1. The van der Waals surface area contributed by atoms with E-state index in [2.05, 4.69) is 38.1 Å². The van der Waals surface area contributed by atoms with Crippen LogP contribution in [0.15, 0.2) is 59.7 Å². The third-order valence-corrected chi connectivity index (χ3v) is 4.52. The number of phenolic OH excluding ortho intramolecular Hbond substituents is 1. The summed E-state index contributed by atoms with van der Waals surface area (Å²) in [5.74, 6) is 0.389. The van der Waals surface area contributed by atoms with Gasteiger partial charge in [-0.1, -0.05) is 30.3 Å². The van der Waals surface area contributed by atoms with Gasteiger partial charge in [-0.15, -0.1) is 24.0 Å². The van der Waals surface area contributed by atoms with E-state index in [1.807, 2.05) is 25.3 Å². The van der Waals surface area contributed by atoms with Crippen molar-refractivity contribution in [1.29, 1.82) is 0 Å². The van der Waals surface area contributed by atoms with Gasteiger partial charge in [-0.05, 0) is 37.1 Å². The number of benzene rings is 2. The third-order valence-electron chi connectivity index (χ3n) is 4.52. The highest BCUT2D eigenvalue weighted by atomic mass is 127. The molecule has 0 atom stereocenters. The molecule has 0 unspecified atom stereocenters. The maximum atomic E-state index is 12.1. The average Bonchev–Trinajstić information content (AvgIpc) is 3.14. The Labute approximate surface area is 193 Å². The second-order valence-corrected chi connectivity index (χ2v) is 6.57. The number of nitrogens with one attached hydrogen (secondary N) is 4. The number of hydrogen-bond donors (Lipinski definition) is 5. The van der Waals surface area contributed by atoms with Crippen LogP contribution in [0.4, 0.5) is 0 Å². The molecule has 3 aromatic rings. The molecule has 2 aromatic carbocycles. The fraction of sp³-hybridized carbons (Fsp3) is 0.273. The van der Waals surface area contributed by atoms with Crippen LogP contribution in [0.1, 0.15) is 22.8 Å². The van der Waals surface area contributed by atoms with Crippen LogP contribution in [0.3, 0.4) is 0 Å². The molecule has 0 aliphatic carbocycles. The van der Waals surface area contributed by atoms with Crippen LogP contribution in [0, 0.1) is 0 Å². The number of aliphatic imine (C=N–C) groups is 1. The van der Waals surface area contributed by atoms with Crippen molar-refractivity contribution in [3.05, 3.63) is 65.9 Å². The Hall–Kier alpha value is -2.75. The molecule has 3 rings (SSSR count). The number of fused-ring (bicyclic) bond motifs is 1. The van der Waals surface area contributed by atoms with Gasteiger partial charge in [-0.3, -0.25) is 9.79 Å².